The van der Waals surface area contributed by atoms with Crippen LogP contribution in [0, 0.1) is 13.8 Å². The Morgan fingerprint density at radius 3 is 2.76 bits per heavy atom. The SMILES string of the molecule is COCCNC(=O)Cn1nc(C)c(CO)c1C. The lowest BCUT2D eigenvalue weighted by molar-refractivity contribution is -0.122. The summed E-state index contributed by atoms with van der Waals surface area (Å²) < 4.78 is 6.44. The number of aliphatic hydroxyl groups excluding tert-OH is 1. The second-order valence-electron chi connectivity index (χ2n) is 3.81. The minimum absolute atomic E-state index is 0.0526. The number of amides is 1. The Labute approximate surface area is 101 Å². The molecule has 0 aromatic carbocycles. The third-order valence-corrected chi connectivity index (χ3v) is 2.61. The van der Waals surface area contributed by atoms with Gasteiger partial charge in [-0.1, -0.05) is 0 Å². The van der Waals surface area contributed by atoms with E-state index in [0.717, 1.165) is 17.0 Å². The first-order valence-electron chi connectivity index (χ1n) is 5.49. The minimum atomic E-state index is -0.114. The Hall–Kier alpha value is -1.40. The predicted molar refractivity (Wildman–Crippen MR) is 62.5 cm³/mol. The molecule has 1 amide bonds. The van der Waals surface area contributed by atoms with Crippen molar-refractivity contribution in [1.29, 1.82) is 0 Å². The van der Waals surface area contributed by atoms with E-state index in [9.17, 15) is 4.79 Å². The van der Waals surface area contributed by atoms with Crippen LogP contribution in [0.25, 0.3) is 0 Å². The number of nitrogens with zero attached hydrogens (tertiary/aromatic N) is 2. The zero-order valence-corrected chi connectivity index (χ0v) is 10.5. The fraction of sp³-hybridized carbons (Fsp3) is 0.636. The zero-order chi connectivity index (χ0) is 12.8. The van der Waals surface area contributed by atoms with Gasteiger partial charge in [0.15, 0.2) is 0 Å². The first kappa shape index (κ1) is 13.7. The Morgan fingerprint density at radius 1 is 1.53 bits per heavy atom. The van der Waals surface area contributed by atoms with E-state index in [1.54, 1.807) is 11.8 Å². The molecule has 17 heavy (non-hydrogen) atoms. The fourth-order valence-corrected chi connectivity index (χ4v) is 1.60. The number of aryl methyl sites for hydroxylation is 1. The Morgan fingerprint density at radius 2 is 2.24 bits per heavy atom. The number of hydrogen-bond donors (Lipinski definition) is 2. The number of ether oxygens (including phenoxy) is 1. The highest BCUT2D eigenvalue weighted by Gasteiger charge is 2.12. The van der Waals surface area contributed by atoms with Crippen LogP contribution in [0.2, 0.25) is 0 Å². The van der Waals surface area contributed by atoms with Gasteiger partial charge in [0, 0.05) is 24.9 Å². The van der Waals surface area contributed by atoms with Crippen molar-refractivity contribution in [1.82, 2.24) is 15.1 Å². The van der Waals surface area contributed by atoms with Crippen LogP contribution in [0.3, 0.4) is 0 Å². The van der Waals surface area contributed by atoms with Gasteiger partial charge in [-0.05, 0) is 13.8 Å². The van der Waals surface area contributed by atoms with Crippen molar-refractivity contribution >= 4 is 5.91 Å². The first-order chi connectivity index (χ1) is 8.10. The largest absolute Gasteiger partial charge is 0.392 e. The van der Waals surface area contributed by atoms with Crippen LogP contribution in [-0.2, 0) is 22.7 Å². The number of nitrogens with one attached hydrogen (secondary N) is 1. The number of aromatic nitrogens is 2. The summed E-state index contributed by atoms with van der Waals surface area (Å²) in [6.07, 6.45) is 0. The van der Waals surface area contributed by atoms with Crippen LogP contribution < -0.4 is 5.32 Å². The topological polar surface area (TPSA) is 76.4 Å². The summed E-state index contributed by atoms with van der Waals surface area (Å²) in [4.78, 5) is 11.6. The molecule has 1 aromatic rings. The van der Waals surface area contributed by atoms with Crippen molar-refractivity contribution in [3.63, 3.8) is 0 Å². The third-order valence-electron chi connectivity index (χ3n) is 2.61. The van der Waals surface area contributed by atoms with Crippen LogP contribution in [-0.4, -0.2) is 41.1 Å². The molecule has 0 aliphatic heterocycles. The Kier molecular flexibility index (Phi) is 5.11. The van der Waals surface area contributed by atoms with Crippen molar-refractivity contribution in [2.24, 2.45) is 0 Å². The summed E-state index contributed by atoms with van der Waals surface area (Å²) in [5.74, 6) is -0.114. The normalized spacial score (nSPS) is 10.6. The highest BCUT2D eigenvalue weighted by Crippen LogP contribution is 2.12. The van der Waals surface area contributed by atoms with Gasteiger partial charge in [0.05, 0.1) is 18.9 Å². The molecular weight excluding hydrogens is 222 g/mol. The molecule has 0 saturated carbocycles. The summed E-state index contributed by atoms with van der Waals surface area (Å²) in [6, 6.07) is 0. The second kappa shape index (κ2) is 6.36. The maximum absolute atomic E-state index is 11.6. The molecule has 96 valence electrons. The van der Waals surface area contributed by atoms with E-state index in [-0.39, 0.29) is 19.1 Å². The number of aliphatic hydroxyl groups is 1. The lowest BCUT2D eigenvalue weighted by Gasteiger charge is -2.06. The monoisotopic (exact) mass is 241 g/mol. The lowest BCUT2D eigenvalue weighted by atomic mass is 10.2. The summed E-state index contributed by atoms with van der Waals surface area (Å²) in [7, 11) is 1.58. The molecule has 0 aliphatic rings. The molecule has 1 heterocycles. The molecule has 1 rings (SSSR count). The zero-order valence-electron chi connectivity index (χ0n) is 10.5. The fourth-order valence-electron chi connectivity index (χ4n) is 1.60. The van der Waals surface area contributed by atoms with Gasteiger partial charge in [-0.25, -0.2) is 0 Å². The van der Waals surface area contributed by atoms with Gasteiger partial charge in [-0.3, -0.25) is 9.48 Å². The van der Waals surface area contributed by atoms with Crippen molar-refractivity contribution in [3.8, 4) is 0 Å². The average molecular weight is 241 g/mol. The van der Waals surface area contributed by atoms with Gasteiger partial charge in [-0.2, -0.15) is 5.10 Å². The average Bonchev–Trinajstić information content (AvgIpc) is 2.54. The van der Waals surface area contributed by atoms with Crippen molar-refractivity contribution in [2.45, 2.75) is 27.0 Å². The van der Waals surface area contributed by atoms with E-state index in [0.29, 0.717) is 13.2 Å². The van der Waals surface area contributed by atoms with Crippen LogP contribution in [0.15, 0.2) is 0 Å². The summed E-state index contributed by atoms with van der Waals surface area (Å²) in [5.41, 5.74) is 2.37. The van der Waals surface area contributed by atoms with Crippen molar-refractivity contribution in [3.05, 3.63) is 17.0 Å². The van der Waals surface area contributed by atoms with E-state index in [1.165, 1.54) is 0 Å². The third kappa shape index (κ3) is 3.54. The molecule has 2 N–H and O–H groups in total. The molecule has 6 nitrogen and oxygen atoms in total. The van der Waals surface area contributed by atoms with Gasteiger partial charge in [-0.15, -0.1) is 0 Å². The van der Waals surface area contributed by atoms with E-state index in [1.807, 2.05) is 13.8 Å². The minimum Gasteiger partial charge on any atom is -0.392 e. The maximum atomic E-state index is 11.6. The molecule has 0 fully saturated rings. The molecule has 0 radical (unpaired) electrons. The summed E-state index contributed by atoms with van der Waals surface area (Å²) >= 11 is 0. The quantitative estimate of drug-likeness (QED) is 0.674. The van der Waals surface area contributed by atoms with Crippen LogP contribution in [0.5, 0.6) is 0 Å². The number of rotatable bonds is 6. The highest BCUT2D eigenvalue weighted by atomic mass is 16.5. The van der Waals surface area contributed by atoms with Gasteiger partial charge in [0.1, 0.15) is 6.54 Å². The molecular formula is C11H19N3O3. The number of carbonyl (C=O) groups is 1. The standard InChI is InChI=1S/C11H19N3O3/c1-8-10(7-15)9(2)14(13-8)6-11(16)12-4-5-17-3/h15H,4-7H2,1-3H3,(H,12,16). The molecule has 0 bridgehead atoms. The van der Waals surface area contributed by atoms with E-state index in [2.05, 4.69) is 10.4 Å². The number of methoxy groups -OCH3 is 1. The molecule has 0 saturated heterocycles. The van der Waals surface area contributed by atoms with Crippen LogP contribution in [0.1, 0.15) is 17.0 Å². The molecule has 6 heteroatoms. The molecule has 0 atom stereocenters. The van der Waals surface area contributed by atoms with E-state index >= 15 is 0 Å². The summed E-state index contributed by atoms with van der Waals surface area (Å²) in [5, 5.41) is 16.1. The second-order valence-corrected chi connectivity index (χ2v) is 3.81. The van der Waals surface area contributed by atoms with E-state index in [4.69, 9.17) is 9.84 Å². The Balaban J connectivity index is 2.59. The predicted octanol–water partition coefficient (Wildman–Crippen LogP) is -0.245. The molecule has 0 unspecified atom stereocenters. The smallest absolute Gasteiger partial charge is 0.241 e. The number of hydrogen-bond acceptors (Lipinski definition) is 4. The number of carbonyl (C=O) groups excluding carboxylic acids is 1. The lowest BCUT2D eigenvalue weighted by Crippen LogP contribution is -2.31. The highest BCUT2D eigenvalue weighted by molar-refractivity contribution is 5.75. The van der Waals surface area contributed by atoms with Gasteiger partial charge >= 0.3 is 0 Å². The first-order valence-corrected chi connectivity index (χ1v) is 5.49. The van der Waals surface area contributed by atoms with Crippen LogP contribution >= 0.6 is 0 Å². The Bertz CT molecular complexity index is 388. The van der Waals surface area contributed by atoms with Crippen LogP contribution in [0.4, 0.5) is 0 Å². The summed E-state index contributed by atoms with van der Waals surface area (Å²) in [6.45, 7) is 4.75. The van der Waals surface area contributed by atoms with Gasteiger partial charge in [0.25, 0.3) is 0 Å². The molecule has 0 spiro atoms. The maximum Gasteiger partial charge on any atom is 0.241 e. The molecule has 1 aromatic heterocycles. The molecule has 0 aliphatic carbocycles. The van der Waals surface area contributed by atoms with Crippen molar-refractivity contribution < 1.29 is 14.6 Å². The van der Waals surface area contributed by atoms with Gasteiger partial charge in [0.2, 0.25) is 5.91 Å². The van der Waals surface area contributed by atoms with Gasteiger partial charge < -0.3 is 15.2 Å². The van der Waals surface area contributed by atoms with E-state index < -0.39 is 0 Å². The van der Waals surface area contributed by atoms with Crippen molar-refractivity contribution in [2.75, 3.05) is 20.3 Å².